The highest BCUT2D eigenvalue weighted by Crippen LogP contribution is 2.31. The lowest BCUT2D eigenvalue weighted by molar-refractivity contribution is -0.145. The Labute approximate surface area is 119 Å². The van der Waals surface area contributed by atoms with Crippen molar-refractivity contribution in [3.63, 3.8) is 0 Å². The van der Waals surface area contributed by atoms with Gasteiger partial charge in [-0.05, 0) is 43.0 Å². The van der Waals surface area contributed by atoms with Crippen molar-refractivity contribution in [2.24, 2.45) is 0 Å². The van der Waals surface area contributed by atoms with Crippen molar-refractivity contribution in [1.29, 1.82) is 0 Å². The summed E-state index contributed by atoms with van der Waals surface area (Å²) in [4.78, 5) is 10.9. The van der Waals surface area contributed by atoms with E-state index in [0.29, 0.717) is 37.2 Å². The van der Waals surface area contributed by atoms with E-state index in [9.17, 15) is 13.6 Å². The first kappa shape index (κ1) is 14.8. The summed E-state index contributed by atoms with van der Waals surface area (Å²) in [5.41, 5.74) is 1.42. The Hall–Kier alpha value is -1.60. The molecule has 2 rings (SSSR count). The van der Waals surface area contributed by atoms with Gasteiger partial charge in [-0.15, -0.1) is 0 Å². The molecule has 1 heterocycles. The summed E-state index contributed by atoms with van der Waals surface area (Å²) in [6.07, 6.45) is 0.836. The van der Waals surface area contributed by atoms with Crippen LogP contribution in [-0.4, -0.2) is 32.5 Å². The van der Waals surface area contributed by atoms with Gasteiger partial charge in [-0.2, -0.15) is 0 Å². The molecule has 110 valence electrons. The van der Waals surface area contributed by atoms with E-state index in [0.717, 1.165) is 5.56 Å². The van der Waals surface area contributed by atoms with Crippen LogP contribution in [0.15, 0.2) is 18.2 Å². The molecule has 1 N–H and O–H groups in total. The van der Waals surface area contributed by atoms with E-state index in [2.05, 4.69) is 0 Å². The van der Waals surface area contributed by atoms with Crippen molar-refractivity contribution in [2.75, 3.05) is 10.8 Å². The first-order valence-electron chi connectivity index (χ1n) is 6.42. The molecule has 2 atom stereocenters. The molecule has 1 aliphatic heterocycles. The number of rotatable bonds is 5. The van der Waals surface area contributed by atoms with Crippen molar-refractivity contribution >= 4 is 22.9 Å². The zero-order valence-electron chi connectivity index (χ0n) is 11.1. The highest BCUT2D eigenvalue weighted by molar-refractivity contribution is 7.80. The number of carboxylic acids is 1. The number of carboxylic acid groups (broad SMARTS) is 1. The standard InChI is InChI=1S/C13H17NO5S/c1-2-7-14(20(17)18)10-4-6-11-9(8-10)3-5-12(19-11)13(15)16/h4,6,8,12H,2-3,5,7H2,1H3,(H,15,16)(H,17,18)/p-1. The van der Waals surface area contributed by atoms with Gasteiger partial charge < -0.3 is 18.7 Å². The molecule has 2 unspecified atom stereocenters. The maximum Gasteiger partial charge on any atom is 0.344 e. The molecule has 0 bridgehead atoms. The number of nitrogens with zero attached hydrogens (tertiary/aromatic N) is 1. The quantitative estimate of drug-likeness (QED) is 0.831. The first-order valence-corrected chi connectivity index (χ1v) is 7.45. The lowest BCUT2D eigenvalue weighted by Crippen LogP contribution is -2.31. The van der Waals surface area contributed by atoms with Gasteiger partial charge >= 0.3 is 5.97 Å². The van der Waals surface area contributed by atoms with Gasteiger partial charge in [-0.25, -0.2) is 4.79 Å². The molecule has 1 aromatic rings. The first-order chi connectivity index (χ1) is 9.52. The highest BCUT2D eigenvalue weighted by Gasteiger charge is 2.26. The fourth-order valence-corrected chi connectivity index (χ4v) is 2.81. The average Bonchev–Trinajstić information content (AvgIpc) is 2.43. The molecule has 0 radical (unpaired) electrons. The van der Waals surface area contributed by atoms with E-state index in [1.807, 2.05) is 6.92 Å². The van der Waals surface area contributed by atoms with Crippen LogP contribution in [0.25, 0.3) is 0 Å². The van der Waals surface area contributed by atoms with Gasteiger partial charge in [0.2, 0.25) is 0 Å². The van der Waals surface area contributed by atoms with E-state index in [1.165, 1.54) is 4.31 Å². The third kappa shape index (κ3) is 3.10. The predicted octanol–water partition coefficient (Wildman–Crippen LogP) is 1.48. The number of carbonyl (C=O) groups is 1. The lowest BCUT2D eigenvalue weighted by Gasteiger charge is -2.28. The van der Waals surface area contributed by atoms with Crippen LogP contribution in [0.4, 0.5) is 5.69 Å². The molecule has 1 aliphatic rings. The largest absolute Gasteiger partial charge is 0.755 e. The third-order valence-electron chi connectivity index (χ3n) is 3.16. The Balaban J connectivity index is 2.24. The van der Waals surface area contributed by atoms with E-state index in [4.69, 9.17) is 9.84 Å². The Bertz CT molecular complexity index is 533. The molecule has 0 saturated heterocycles. The van der Waals surface area contributed by atoms with Crippen LogP contribution < -0.4 is 9.04 Å². The number of hydrogen-bond acceptors (Lipinski definition) is 4. The Kier molecular flexibility index (Phi) is 4.61. The molecule has 0 saturated carbocycles. The molecule has 20 heavy (non-hydrogen) atoms. The minimum absolute atomic E-state index is 0.389. The number of ether oxygens (including phenoxy) is 1. The van der Waals surface area contributed by atoms with Crippen molar-refractivity contribution in [2.45, 2.75) is 32.3 Å². The van der Waals surface area contributed by atoms with Gasteiger partial charge in [0.15, 0.2) is 6.10 Å². The lowest BCUT2D eigenvalue weighted by atomic mass is 10.0. The van der Waals surface area contributed by atoms with Gasteiger partial charge in [0.25, 0.3) is 0 Å². The van der Waals surface area contributed by atoms with Gasteiger partial charge in [-0.3, -0.25) is 4.21 Å². The number of anilines is 1. The van der Waals surface area contributed by atoms with Crippen molar-refractivity contribution in [3.05, 3.63) is 23.8 Å². The second-order valence-corrected chi connectivity index (χ2v) is 5.47. The second kappa shape index (κ2) is 6.23. The van der Waals surface area contributed by atoms with Crippen LogP contribution in [0.2, 0.25) is 0 Å². The monoisotopic (exact) mass is 298 g/mol. The summed E-state index contributed by atoms with van der Waals surface area (Å²) < 4.78 is 29.1. The minimum Gasteiger partial charge on any atom is -0.755 e. The average molecular weight is 298 g/mol. The van der Waals surface area contributed by atoms with Crippen molar-refractivity contribution < 1.29 is 23.4 Å². The molecule has 0 fully saturated rings. The molecule has 0 aromatic heterocycles. The van der Waals surface area contributed by atoms with Crippen LogP contribution in [-0.2, 0) is 22.5 Å². The summed E-state index contributed by atoms with van der Waals surface area (Å²) in [6, 6.07) is 5.02. The molecule has 0 aliphatic carbocycles. The van der Waals surface area contributed by atoms with E-state index in [-0.39, 0.29) is 0 Å². The summed E-state index contributed by atoms with van der Waals surface area (Å²) >= 11 is -2.32. The summed E-state index contributed by atoms with van der Waals surface area (Å²) in [5.74, 6) is -0.464. The minimum atomic E-state index is -2.32. The normalized spacial score (nSPS) is 18.8. The van der Waals surface area contributed by atoms with Gasteiger partial charge in [0, 0.05) is 23.5 Å². The van der Waals surface area contributed by atoms with E-state index < -0.39 is 23.3 Å². The fourth-order valence-electron chi connectivity index (χ4n) is 2.20. The van der Waals surface area contributed by atoms with Crippen LogP contribution in [0.1, 0.15) is 25.3 Å². The van der Waals surface area contributed by atoms with E-state index >= 15 is 0 Å². The van der Waals surface area contributed by atoms with Crippen molar-refractivity contribution in [3.8, 4) is 5.75 Å². The molecule has 0 amide bonds. The number of fused-ring (bicyclic) bond motifs is 1. The Morgan fingerprint density at radius 1 is 1.60 bits per heavy atom. The fraction of sp³-hybridized carbons (Fsp3) is 0.462. The predicted molar refractivity (Wildman–Crippen MR) is 73.4 cm³/mol. The zero-order chi connectivity index (χ0) is 14.7. The van der Waals surface area contributed by atoms with Gasteiger partial charge in [-0.1, -0.05) is 6.92 Å². The van der Waals surface area contributed by atoms with Crippen molar-refractivity contribution in [1.82, 2.24) is 0 Å². The van der Waals surface area contributed by atoms with Gasteiger partial charge in [0.1, 0.15) is 5.75 Å². The highest BCUT2D eigenvalue weighted by atomic mass is 32.2. The third-order valence-corrected chi connectivity index (χ3v) is 3.91. The summed E-state index contributed by atoms with van der Waals surface area (Å²) in [5, 5.41) is 8.93. The second-order valence-electron chi connectivity index (χ2n) is 4.59. The van der Waals surface area contributed by atoms with Crippen LogP contribution in [0.5, 0.6) is 5.75 Å². The topological polar surface area (TPSA) is 89.9 Å². The molecule has 0 spiro atoms. The molecule has 7 heteroatoms. The molecule has 6 nitrogen and oxygen atoms in total. The van der Waals surface area contributed by atoms with E-state index in [1.54, 1.807) is 18.2 Å². The smallest absolute Gasteiger partial charge is 0.344 e. The van der Waals surface area contributed by atoms with Crippen LogP contribution >= 0.6 is 0 Å². The Morgan fingerprint density at radius 2 is 2.35 bits per heavy atom. The number of hydrogen-bond donors (Lipinski definition) is 1. The number of benzene rings is 1. The zero-order valence-corrected chi connectivity index (χ0v) is 11.9. The Morgan fingerprint density at radius 3 is 2.95 bits per heavy atom. The summed E-state index contributed by atoms with van der Waals surface area (Å²) in [6.45, 7) is 2.31. The summed E-state index contributed by atoms with van der Waals surface area (Å²) in [7, 11) is 0. The maximum atomic E-state index is 11.2. The molecular formula is C13H16NO5S-. The number of aliphatic carboxylic acids is 1. The molecule has 1 aromatic carbocycles. The van der Waals surface area contributed by atoms with Gasteiger partial charge in [0.05, 0.1) is 0 Å². The number of aryl methyl sites for hydroxylation is 1. The molecular weight excluding hydrogens is 282 g/mol. The van der Waals surface area contributed by atoms with Crippen LogP contribution in [0, 0.1) is 0 Å². The SMILES string of the molecule is CCCN(c1ccc2c(c1)CCC(C(=O)O)O2)S(=O)[O-]. The maximum absolute atomic E-state index is 11.2. The van der Waals surface area contributed by atoms with Crippen LogP contribution in [0.3, 0.4) is 0 Å².